The highest BCUT2D eigenvalue weighted by Crippen LogP contribution is 2.29. The van der Waals surface area contributed by atoms with Crippen molar-refractivity contribution in [2.75, 3.05) is 39.9 Å². The van der Waals surface area contributed by atoms with Crippen molar-refractivity contribution >= 4 is 0 Å². The highest BCUT2D eigenvalue weighted by molar-refractivity contribution is 4.85. The lowest BCUT2D eigenvalue weighted by Gasteiger charge is -2.39. The van der Waals surface area contributed by atoms with E-state index in [4.69, 9.17) is 4.74 Å². The monoisotopic (exact) mass is 226 g/mol. The van der Waals surface area contributed by atoms with Crippen molar-refractivity contribution in [1.29, 1.82) is 0 Å². The van der Waals surface area contributed by atoms with Crippen molar-refractivity contribution in [3.05, 3.63) is 0 Å². The normalized spacial score (nSPS) is 31.5. The highest BCUT2D eigenvalue weighted by atomic mass is 16.5. The lowest BCUT2D eigenvalue weighted by molar-refractivity contribution is 0.0604. The molecule has 1 atom stereocenters. The number of hydrogen-bond acceptors (Lipinski definition) is 3. The van der Waals surface area contributed by atoms with E-state index in [1.807, 2.05) is 0 Å². The fourth-order valence-corrected chi connectivity index (χ4v) is 2.63. The lowest BCUT2D eigenvalue weighted by Crippen LogP contribution is -2.46. The number of ether oxygens (including phenoxy) is 1. The van der Waals surface area contributed by atoms with Crippen LogP contribution in [0.15, 0.2) is 0 Å². The predicted molar refractivity (Wildman–Crippen MR) is 66.7 cm³/mol. The van der Waals surface area contributed by atoms with Gasteiger partial charge in [0.1, 0.15) is 0 Å². The van der Waals surface area contributed by atoms with Gasteiger partial charge in [-0.3, -0.25) is 0 Å². The standard InChI is InChI=1S/C13H26N2O/c1-13(5-7-15(2)8-6-13)11-14-12-4-3-9-16-10-12/h12,14H,3-11H2,1-2H3. The molecule has 3 nitrogen and oxygen atoms in total. The lowest BCUT2D eigenvalue weighted by atomic mass is 9.80. The molecule has 2 saturated heterocycles. The van der Waals surface area contributed by atoms with Crippen LogP contribution in [-0.4, -0.2) is 50.8 Å². The van der Waals surface area contributed by atoms with Crippen LogP contribution in [0.2, 0.25) is 0 Å². The first kappa shape index (κ1) is 12.3. The van der Waals surface area contributed by atoms with E-state index in [1.54, 1.807) is 0 Å². The Balaban J connectivity index is 1.71. The maximum atomic E-state index is 5.50. The molecule has 0 radical (unpaired) electrons. The van der Waals surface area contributed by atoms with E-state index in [2.05, 4.69) is 24.2 Å². The quantitative estimate of drug-likeness (QED) is 0.789. The van der Waals surface area contributed by atoms with E-state index in [1.165, 1.54) is 38.8 Å². The molecule has 2 aliphatic heterocycles. The molecule has 2 rings (SSSR count). The molecule has 0 bridgehead atoms. The molecule has 0 aromatic rings. The Morgan fingerprint density at radius 3 is 2.75 bits per heavy atom. The van der Waals surface area contributed by atoms with Gasteiger partial charge < -0.3 is 15.0 Å². The Labute approximate surface area is 99.5 Å². The molecule has 16 heavy (non-hydrogen) atoms. The van der Waals surface area contributed by atoms with Crippen LogP contribution in [0.25, 0.3) is 0 Å². The fraction of sp³-hybridized carbons (Fsp3) is 1.00. The Kier molecular flexibility index (Phi) is 4.22. The summed E-state index contributed by atoms with van der Waals surface area (Å²) >= 11 is 0. The van der Waals surface area contributed by atoms with Gasteiger partial charge in [0.2, 0.25) is 0 Å². The molecule has 0 aromatic heterocycles. The van der Waals surface area contributed by atoms with E-state index >= 15 is 0 Å². The van der Waals surface area contributed by atoms with Crippen molar-refractivity contribution in [2.45, 2.75) is 38.6 Å². The maximum absolute atomic E-state index is 5.50. The van der Waals surface area contributed by atoms with Gasteiger partial charge in [-0.2, -0.15) is 0 Å². The highest BCUT2D eigenvalue weighted by Gasteiger charge is 2.29. The third kappa shape index (κ3) is 3.44. The topological polar surface area (TPSA) is 24.5 Å². The Hall–Kier alpha value is -0.120. The summed E-state index contributed by atoms with van der Waals surface area (Å²) in [7, 11) is 2.22. The van der Waals surface area contributed by atoms with Crippen LogP contribution in [-0.2, 0) is 4.74 Å². The first-order chi connectivity index (χ1) is 7.68. The molecule has 0 amide bonds. The molecule has 0 spiro atoms. The Bertz CT molecular complexity index is 206. The van der Waals surface area contributed by atoms with Crippen molar-refractivity contribution in [2.24, 2.45) is 5.41 Å². The largest absolute Gasteiger partial charge is 0.380 e. The van der Waals surface area contributed by atoms with Gasteiger partial charge >= 0.3 is 0 Å². The summed E-state index contributed by atoms with van der Waals surface area (Å²) in [6.45, 7) is 7.96. The van der Waals surface area contributed by atoms with E-state index in [-0.39, 0.29) is 0 Å². The average molecular weight is 226 g/mol. The van der Waals surface area contributed by atoms with Crippen LogP contribution in [0.3, 0.4) is 0 Å². The van der Waals surface area contributed by atoms with Gasteiger partial charge in [-0.15, -0.1) is 0 Å². The molecule has 1 unspecified atom stereocenters. The zero-order valence-electron chi connectivity index (χ0n) is 10.8. The van der Waals surface area contributed by atoms with E-state index in [0.717, 1.165) is 19.8 Å². The number of rotatable bonds is 3. The van der Waals surface area contributed by atoms with Crippen molar-refractivity contribution in [3.63, 3.8) is 0 Å². The van der Waals surface area contributed by atoms with Crippen LogP contribution < -0.4 is 5.32 Å². The number of nitrogens with one attached hydrogen (secondary N) is 1. The molecular formula is C13H26N2O. The van der Waals surface area contributed by atoms with Crippen molar-refractivity contribution < 1.29 is 4.74 Å². The summed E-state index contributed by atoms with van der Waals surface area (Å²) in [5, 5.41) is 3.70. The number of piperidine rings is 1. The third-order valence-corrected chi connectivity index (χ3v) is 4.17. The van der Waals surface area contributed by atoms with Crippen LogP contribution in [0.5, 0.6) is 0 Å². The summed E-state index contributed by atoms with van der Waals surface area (Å²) in [4.78, 5) is 2.44. The van der Waals surface area contributed by atoms with Gasteiger partial charge in [0.05, 0.1) is 6.61 Å². The van der Waals surface area contributed by atoms with Gasteiger partial charge in [-0.25, -0.2) is 0 Å². The van der Waals surface area contributed by atoms with E-state index in [9.17, 15) is 0 Å². The second-order valence-electron chi connectivity index (χ2n) is 5.91. The summed E-state index contributed by atoms with van der Waals surface area (Å²) < 4.78 is 5.50. The van der Waals surface area contributed by atoms with Crippen LogP contribution in [0.4, 0.5) is 0 Å². The minimum absolute atomic E-state index is 0.504. The summed E-state index contributed by atoms with van der Waals surface area (Å²) in [5.41, 5.74) is 0.504. The smallest absolute Gasteiger partial charge is 0.0619 e. The molecule has 1 N–H and O–H groups in total. The van der Waals surface area contributed by atoms with E-state index < -0.39 is 0 Å². The molecule has 3 heteroatoms. The van der Waals surface area contributed by atoms with Crippen molar-refractivity contribution in [1.82, 2.24) is 10.2 Å². The summed E-state index contributed by atoms with van der Waals surface area (Å²) in [6.07, 6.45) is 5.15. The molecule has 2 fully saturated rings. The molecule has 2 aliphatic rings. The average Bonchev–Trinajstić information content (AvgIpc) is 2.33. The van der Waals surface area contributed by atoms with Crippen LogP contribution in [0.1, 0.15) is 32.6 Å². The second kappa shape index (κ2) is 5.48. The fourth-order valence-electron chi connectivity index (χ4n) is 2.63. The second-order valence-corrected chi connectivity index (χ2v) is 5.91. The molecule has 0 aliphatic carbocycles. The van der Waals surface area contributed by atoms with Gasteiger partial charge in [0.15, 0.2) is 0 Å². The predicted octanol–water partition coefficient (Wildman–Crippen LogP) is 1.49. The number of hydrogen-bond donors (Lipinski definition) is 1. The zero-order chi connectivity index (χ0) is 11.4. The zero-order valence-corrected chi connectivity index (χ0v) is 10.8. The minimum atomic E-state index is 0.504. The van der Waals surface area contributed by atoms with Crippen LogP contribution in [0, 0.1) is 5.41 Å². The minimum Gasteiger partial charge on any atom is -0.380 e. The Morgan fingerprint density at radius 2 is 2.12 bits per heavy atom. The van der Waals surface area contributed by atoms with Gasteiger partial charge in [-0.1, -0.05) is 6.92 Å². The molecule has 94 valence electrons. The first-order valence-electron chi connectivity index (χ1n) is 6.68. The number of likely N-dealkylation sites (tertiary alicyclic amines) is 1. The van der Waals surface area contributed by atoms with Gasteiger partial charge in [0.25, 0.3) is 0 Å². The van der Waals surface area contributed by atoms with Crippen LogP contribution >= 0.6 is 0 Å². The number of nitrogens with zero attached hydrogens (tertiary/aromatic N) is 1. The van der Waals surface area contributed by atoms with Crippen molar-refractivity contribution in [3.8, 4) is 0 Å². The summed E-state index contributed by atoms with van der Waals surface area (Å²) in [5.74, 6) is 0. The Morgan fingerprint density at radius 1 is 1.38 bits per heavy atom. The maximum Gasteiger partial charge on any atom is 0.0619 e. The SMILES string of the molecule is CN1CCC(C)(CNC2CCCOC2)CC1. The molecule has 0 aromatic carbocycles. The third-order valence-electron chi connectivity index (χ3n) is 4.17. The molecule has 2 heterocycles. The van der Waals surface area contributed by atoms with Gasteiger partial charge in [0, 0.05) is 19.2 Å². The van der Waals surface area contributed by atoms with E-state index in [0.29, 0.717) is 11.5 Å². The summed E-state index contributed by atoms with van der Waals surface area (Å²) in [6, 6.07) is 0.602. The first-order valence-corrected chi connectivity index (χ1v) is 6.68. The molecule has 0 saturated carbocycles. The van der Waals surface area contributed by atoms with Gasteiger partial charge in [-0.05, 0) is 51.2 Å². The molecular weight excluding hydrogens is 200 g/mol.